The lowest BCUT2D eigenvalue weighted by molar-refractivity contribution is -0.129. The van der Waals surface area contributed by atoms with Crippen molar-refractivity contribution >= 4 is 22.8 Å². The lowest BCUT2D eigenvalue weighted by Gasteiger charge is -2.24. The minimum absolute atomic E-state index is 0.102. The van der Waals surface area contributed by atoms with E-state index in [-0.39, 0.29) is 29.6 Å². The van der Waals surface area contributed by atoms with Crippen molar-refractivity contribution in [3.8, 4) is 0 Å². The smallest absolute Gasteiger partial charge is 0.223 e. The van der Waals surface area contributed by atoms with Crippen LogP contribution in [0.25, 0.3) is 0 Å². The molecule has 1 rings (SSSR count). The van der Waals surface area contributed by atoms with Gasteiger partial charge in [-0.2, -0.15) is 0 Å². The Morgan fingerprint density at radius 3 is 2.94 bits per heavy atom. The predicted molar refractivity (Wildman–Crippen MR) is 64.1 cm³/mol. The molecule has 92 valence electrons. The number of nitrogens with zero attached hydrogens (tertiary/aromatic N) is 1. The first-order valence-electron chi connectivity index (χ1n) is 5.58. The van der Waals surface area contributed by atoms with Crippen LogP contribution in [0, 0.1) is 5.92 Å². The summed E-state index contributed by atoms with van der Waals surface area (Å²) >= 11 is 1.29. The fourth-order valence-electron chi connectivity index (χ4n) is 1.92. The molecular weight excluding hydrogens is 226 g/mol. The number of carbonyl (C=O) groups excluding carboxylic acids is 2. The molecule has 1 aliphatic rings. The maximum atomic E-state index is 11.7. The van der Waals surface area contributed by atoms with Crippen LogP contribution in [0.5, 0.6) is 0 Å². The molecule has 2 atom stereocenters. The zero-order valence-corrected chi connectivity index (χ0v) is 10.6. The van der Waals surface area contributed by atoms with E-state index >= 15 is 0 Å². The SMILES string of the molecule is CC(=O)SCC1CC(=O)N([C@H](C)CCO)C1. The molecule has 1 fully saturated rings. The number of likely N-dealkylation sites (tertiary alicyclic amines) is 1. The van der Waals surface area contributed by atoms with E-state index in [4.69, 9.17) is 5.11 Å². The molecule has 1 unspecified atom stereocenters. The van der Waals surface area contributed by atoms with Gasteiger partial charge in [-0.25, -0.2) is 0 Å². The van der Waals surface area contributed by atoms with E-state index in [1.165, 1.54) is 11.8 Å². The number of aliphatic hydroxyl groups excluding tert-OH is 1. The third-order valence-corrected chi connectivity index (χ3v) is 3.88. The molecule has 0 spiro atoms. The van der Waals surface area contributed by atoms with Gasteiger partial charge in [0.05, 0.1) is 0 Å². The number of hydrogen-bond donors (Lipinski definition) is 1. The van der Waals surface area contributed by atoms with Gasteiger partial charge in [0.25, 0.3) is 0 Å². The van der Waals surface area contributed by atoms with Crippen molar-refractivity contribution in [3.63, 3.8) is 0 Å². The molecule has 0 aromatic carbocycles. The summed E-state index contributed by atoms with van der Waals surface area (Å²) in [5.74, 6) is 1.15. The van der Waals surface area contributed by atoms with E-state index in [1.807, 2.05) is 11.8 Å². The second kappa shape index (κ2) is 6.25. The van der Waals surface area contributed by atoms with Crippen LogP contribution in [0.2, 0.25) is 0 Å². The van der Waals surface area contributed by atoms with Crippen LogP contribution < -0.4 is 0 Å². The molecule has 0 aromatic heterocycles. The minimum atomic E-state index is 0.102. The highest BCUT2D eigenvalue weighted by atomic mass is 32.2. The third kappa shape index (κ3) is 3.79. The number of amides is 1. The van der Waals surface area contributed by atoms with Gasteiger partial charge in [0.1, 0.15) is 0 Å². The van der Waals surface area contributed by atoms with Crippen molar-refractivity contribution in [3.05, 3.63) is 0 Å². The van der Waals surface area contributed by atoms with Crippen LogP contribution >= 0.6 is 11.8 Å². The highest BCUT2D eigenvalue weighted by Gasteiger charge is 2.32. The van der Waals surface area contributed by atoms with E-state index in [0.29, 0.717) is 12.8 Å². The molecule has 1 heterocycles. The Hall–Kier alpha value is -0.550. The number of aliphatic hydroxyl groups is 1. The summed E-state index contributed by atoms with van der Waals surface area (Å²) in [7, 11) is 0. The van der Waals surface area contributed by atoms with Crippen molar-refractivity contribution in [1.82, 2.24) is 4.90 Å². The summed E-state index contributed by atoms with van der Waals surface area (Å²) in [5.41, 5.74) is 0. The Kier molecular flexibility index (Phi) is 5.28. The van der Waals surface area contributed by atoms with Crippen LogP contribution in [-0.2, 0) is 9.59 Å². The Morgan fingerprint density at radius 2 is 2.38 bits per heavy atom. The average Bonchev–Trinajstić information content (AvgIpc) is 2.57. The zero-order chi connectivity index (χ0) is 12.1. The lowest BCUT2D eigenvalue weighted by atomic mass is 10.1. The van der Waals surface area contributed by atoms with Crippen molar-refractivity contribution in [1.29, 1.82) is 0 Å². The highest BCUT2D eigenvalue weighted by Crippen LogP contribution is 2.24. The van der Waals surface area contributed by atoms with Crippen molar-refractivity contribution < 1.29 is 14.7 Å². The Morgan fingerprint density at radius 1 is 1.69 bits per heavy atom. The average molecular weight is 245 g/mol. The first-order valence-corrected chi connectivity index (χ1v) is 6.56. The summed E-state index contributed by atoms with van der Waals surface area (Å²) in [6.07, 6.45) is 1.16. The largest absolute Gasteiger partial charge is 0.396 e. The van der Waals surface area contributed by atoms with Gasteiger partial charge >= 0.3 is 0 Å². The monoisotopic (exact) mass is 245 g/mol. The number of carbonyl (C=O) groups is 2. The van der Waals surface area contributed by atoms with Crippen LogP contribution in [0.15, 0.2) is 0 Å². The van der Waals surface area contributed by atoms with Crippen LogP contribution in [-0.4, -0.2) is 46.0 Å². The molecule has 1 N–H and O–H groups in total. The molecule has 4 nitrogen and oxygen atoms in total. The summed E-state index contributed by atoms with van der Waals surface area (Å²) < 4.78 is 0. The van der Waals surface area contributed by atoms with Crippen LogP contribution in [0.1, 0.15) is 26.7 Å². The molecule has 0 aromatic rings. The van der Waals surface area contributed by atoms with E-state index in [0.717, 1.165) is 12.3 Å². The molecule has 5 heteroatoms. The first kappa shape index (κ1) is 13.5. The third-order valence-electron chi connectivity index (χ3n) is 2.84. The molecule has 1 saturated heterocycles. The molecule has 16 heavy (non-hydrogen) atoms. The second-order valence-corrected chi connectivity index (χ2v) is 5.48. The summed E-state index contributed by atoms with van der Waals surface area (Å²) in [5, 5.41) is 8.94. The lowest BCUT2D eigenvalue weighted by Crippen LogP contribution is -2.35. The zero-order valence-electron chi connectivity index (χ0n) is 9.81. The predicted octanol–water partition coefficient (Wildman–Crippen LogP) is 0.885. The summed E-state index contributed by atoms with van der Waals surface area (Å²) in [6, 6.07) is 0.102. The number of thioether (sulfide) groups is 1. The summed E-state index contributed by atoms with van der Waals surface area (Å²) in [6.45, 7) is 4.33. The fraction of sp³-hybridized carbons (Fsp3) is 0.818. The van der Waals surface area contributed by atoms with Gasteiger partial charge in [-0.05, 0) is 19.3 Å². The minimum Gasteiger partial charge on any atom is -0.396 e. The van der Waals surface area contributed by atoms with E-state index in [1.54, 1.807) is 6.92 Å². The summed E-state index contributed by atoms with van der Waals surface area (Å²) in [4.78, 5) is 24.3. The van der Waals surface area contributed by atoms with Gasteiger partial charge in [0.2, 0.25) is 5.91 Å². The van der Waals surface area contributed by atoms with Crippen LogP contribution in [0.4, 0.5) is 0 Å². The maximum Gasteiger partial charge on any atom is 0.223 e. The van der Waals surface area contributed by atoms with Crippen molar-refractivity contribution in [2.24, 2.45) is 5.92 Å². The molecule has 1 amide bonds. The molecule has 1 aliphatic heterocycles. The van der Waals surface area contributed by atoms with E-state index < -0.39 is 0 Å². The second-order valence-electron chi connectivity index (χ2n) is 4.28. The standard InChI is InChI=1S/C11H19NO3S/c1-8(3-4-13)12-6-10(5-11(12)15)7-16-9(2)14/h8,10,13H,3-7H2,1-2H3/t8-,10?/m1/s1. The Bertz CT molecular complexity index is 270. The molecule has 0 bridgehead atoms. The number of rotatable bonds is 5. The Labute approximate surface area is 100 Å². The van der Waals surface area contributed by atoms with Gasteiger partial charge in [-0.3, -0.25) is 9.59 Å². The Balaban J connectivity index is 2.40. The first-order chi connectivity index (χ1) is 7.54. The van der Waals surface area contributed by atoms with Gasteiger partial charge in [0.15, 0.2) is 5.12 Å². The molecule has 0 aliphatic carbocycles. The number of hydrogen-bond acceptors (Lipinski definition) is 4. The van der Waals surface area contributed by atoms with Crippen LogP contribution in [0.3, 0.4) is 0 Å². The fourth-order valence-corrected chi connectivity index (χ4v) is 2.62. The van der Waals surface area contributed by atoms with Gasteiger partial charge in [-0.15, -0.1) is 0 Å². The van der Waals surface area contributed by atoms with E-state index in [9.17, 15) is 9.59 Å². The van der Waals surface area contributed by atoms with Gasteiger partial charge in [0, 0.05) is 38.3 Å². The molecule has 0 saturated carbocycles. The quantitative estimate of drug-likeness (QED) is 0.781. The van der Waals surface area contributed by atoms with Crippen molar-refractivity contribution in [2.75, 3.05) is 18.9 Å². The van der Waals surface area contributed by atoms with E-state index in [2.05, 4.69) is 0 Å². The van der Waals surface area contributed by atoms with Gasteiger partial charge < -0.3 is 10.0 Å². The van der Waals surface area contributed by atoms with Crippen molar-refractivity contribution in [2.45, 2.75) is 32.7 Å². The highest BCUT2D eigenvalue weighted by molar-refractivity contribution is 8.13. The van der Waals surface area contributed by atoms with Gasteiger partial charge in [-0.1, -0.05) is 11.8 Å². The normalized spacial score (nSPS) is 22.6. The topological polar surface area (TPSA) is 57.6 Å². The molecular formula is C11H19NO3S. The maximum absolute atomic E-state index is 11.7. The molecule has 0 radical (unpaired) electrons.